The highest BCUT2D eigenvalue weighted by atomic mass is 16.5. The minimum Gasteiger partial charge on any atom is -0.481 e. The number of anilines is 1. The molecule has 0 aliphatic heterocycles. The van der Waals surface area contributed by atoms with Gasteiger partial charge in [-0.1, -0.05) is 24.3 Å². The Labute approximate surface area is 147 Å². The molecule has 1 fully saturated rings. The Kier molecular flexibility index (Phi) is 5.03. The van der Waals surface area contributed by atoms with E-state index in [9.17, 15) is 9.59 Å². The first-order valence-corrected chi connectivity index (χ1v) is 8.47. The number of hydrogen-bond donors (Lipinski definition) is 2. The number of ether oxygens (including phenoxy) is 1. The first kappa shape index (κ1) is 17.0. The second-order valence-corrected chi connectivity index (χ2v) is 6.36. The van der Waals surface area contributed by atoms with E-state index in [1.54, 1.807) is 31.2 Å². The van der Waals surface area contributed by atoms with Crippen molar-refractivity contribution in [2.24, 2.45) is 0 Å². The summed E-state index contributed by atoms with van der Waals surface area (Å²) in [5, 5.41) is 5.73. The lowest BCUT2D eigenvalue weighted by Gasteiger charge is -2.16. The topological polar surface area (TPSA) is 67.4 Å². The van der Waals surface area contributed by atoms with Crippen LogP contribution in [-0.4, -0.2) is 24.0 Å². The molecule has 0 heterocycles. The number of hydrogen-bond acceptors (Lipinski definition) is 3. The molecule has 0 saturated heterocycles. The van der Waals surface area contributed by atoms with Crippen LogP contribution in [0.5, 0.6) is 5.75 Å². The van der Waals surface area contributed by atoms with Crippen LogP contribution in [0.15, 0.2) is 48.5 Å². The van der Waals surface area contributed by atoms with Gasteiger partial charge in [0.05, 0.1) is 11.3 Å². The van der Waals surface area contributed by atoms with E-state index in [0.717, 1.165) is 18.4 Å². The lowest BCUT2D eigenvalue weighted by atomic mass is 10.1. The maximum atomic E-state index is 12.4. The highest BCUT2D eigenvalue weighted by molar-refractivity contribution is 6.04. The van der Waals surface area contributed by atoms with Gasteiger partial charge in [-0.15, -0.1) is 0 Å². The summed E-state index contributed by atoms with van der Waals surface area (Å²) in [6, 6.07) is 14.8. The third-order valence-electron chi connectivity index (χ3n) is 4.01. The van der Waals surface area contributed by atoms with Crippen molar-refractivity contribution in [1.82, 2.24) is 5.32 Å². The van der Waals surface area contributed by atoms with Crippen LogP contribution in [0.3, 0.4) is 0 Å². The van der Waals surface area contributed by atoms with Crippen LogP contribution in [-0.2, 0) is 4.79 Å². The zero-order chi connectivity index (χ0) is 17.8. The summed E-state index contributed by atoms with van der Waals surface area (Å²) >= 11 is 0. The average molecular weight is 338 g/mol. The van der Waals surface area contributed by atoms with Crippen LogP contribution in [0.25, 0.3) is 0 Å². The van der Waals surface area contributed by atoms with Gasteiger partial charge in [0.2, 0.25) is 0 Å². The average Bonchev–Trinajstić information content (AvgIpc) is 3.39. The molecule has 1 aliphatic rings. The van der Waals surface area contributed by atoms with Crippen LogP contribution in [0.2, 0.25) is 0 Å². The molecule has 0 bridgehead atoms. The lowest BCUT2D eigenvalue weighted by Crippen LogP contribution is -2.32. The summed E-state index contributed by atoms with van der Waals surface area (Å²) in [6.45, 7) is 3.65. The minimum absolute atomic E-state index is 0.161. The molecule has 5 nitrogen and oxygen atoms in total. The fourth-order valence-electron chi connectivity index (χ4n) is 2.46. The highest BCUT2D eigenvalue weighted by Gasteiger charge is 2.25. The first-order valence-electron chi connectivity index (χ1n) is 8.47. The van der Waals surface area contributed by atoms with Gasteiger partial charge in [0, 0.05) is 6.04 Å². The maximum absolute atomic E-state index is 12.4. The van der Waals surface area contributed by atoms with E-state index in [-0.39, 0.29) is 17.9 Å². The third-order valence-corrected chi connectivity index (χ3v) is 4.01. The molecular formula is C20H22N2O3. The summed E-state index contributed by atoms with van der Waals surface area (Å²) in [6.07, 6.45) is 1.35. The van der Waals surface area contributed by atoms with Crippen molar-refractivity contribution in [2.75, 3.05) is 5.32 Å². The van der Waals surface area contributed by atoms with E-state index in [1.165, 1.54) is 0 Å². The standard InChI is InChI=1S/C20H22N2O3/c1-13-6-5-7-16(12-13)25-14(2)19(23)22-18-9-4-3-8-17(18)20(24)21-15-10-11-15/h3-9,12,14-15H,10-11H2,1-2H3,(H,21,24)(H,22,23)/t14-/m0/s1. The first-order chi connectivity index (χ1) is 12.0. The van der Waals surface area contributed by atoms with Gasteiger partial charge in [-0.2, -0.15) is 0 Å². The molecule has 1 atom stereocenters. The van der Waals surface area contributed by atoms with Gasteiger partial charge in [0.1, 0.15) is 5.75 Å². The van der Waals surface area contributed by atoms with Gasteiger partial charge in [0.15, 0.2) is 6.10 Å². The molecule has 2 N–H and O–H groups in total. The smallest absolute Gasteiger partial charge is 0.265 e. The molecule has 2 aromatic carbocycles. The van der Waals surface area contributed by atoms with Crippen LogP contribution >= 0.6 is 0 Å². The Morgan fingerprint density at radius 1 is 1.12 bits per heavy atom. The van der Waals surface area contributed by atoms with E-state index >= 15 is 0 Å². The van der Waals surface area contributed by atoms with Gasteiger partial charge in [-0.3, -0.25) is 9.59 Å². The number of para-hydroxylation sites is 1. The maximum Gasteiger partial charge on any atom is 0.265 e. The van der Waals surface area contributed by atoms with E-state index < -0.39 is 6.10 Å². The number of rotatable bonds is 6. The van der Waals surface area contributed by atoms with Crippen molar-refractivity contribution in [3.63, 3.8) is 0 Å². The molecule has 0 unspecified atom stereocenters. The molecule has 130 valence electrons. The highest BCUT2D eigenvalue weighted by Crippen LogP contribution is 2.22. The Bertz CT molecular complexity index is 784. The number of amides is 2. The lowest BCUT2D eigenvalue weighted by molar-refractivity contribution is -0.122. The molecule has 2 aromatic rings. The molecule has 0 spiro atoms. The predicted octanol–water partition coefficient (Wildman–Crippen LogP) is 3.29. The molecule has 2 amide bonds. The summed E-state index contributed by atoms with van der Waals surface area (Å²) in [5.74, 6) is 0.182. The molecule has 1 aliphatic carbocycles. The zero-order valence-electron chi connectivity index (χ0n) is 14.4. The summed E-state index contributed by atoms with van der Waals surface area (Å²) in [7, 11) is 0. The predicted molar refractivity (Wildman–Crippen MR) is 96.8 cm³/mol. The van der Waals surface area contributed by atoms with Crippen LogP contribution in [0.4, 0.5) is 5.69 Å². The number of carbonyl (C=O) groups excluding carboxylic acids is 2. The third kappa shape index (κ3) is 4.59. The number of aryl methyl sites for hydroxylation is 1. The fourth-order valence-corrected chi connectivity index (χ4v) is 2.46. The summed E-state index contributed by atoms with van der Waals surface area (Å²) in [5.41, 5.74) is 2.02. The Morgan fingerprint density at radius 3 is 2.60 bits per heavy atom. The van der Waals surface area contributed by atoms with E-state index in [0.29, 0.717) is 17.0 Å². The molecule has 25 heavy (non-hydrogen) atoms. The van der Waals surface area contributed by atoms with Crippen LogP contribution in [0.1, 0.15) is 35.7 Å². The fraction of sp³-hybridized carbons (Fsp3) is 0.300. The van der Waals surface area contributed by atoms with Gasteiger partial charge in [-0.05, 0) is 56.5 Å². The number of nitrogens with one attached hydrogen (secondary N) is 2. The van der Waals surface area contributed by atoms with Gasteiger partial charge in [0.25, 0.3) is 11.8 Å². The van der Waals surface area contributed by atoms with E-state index in [2.05, 4.69) is 10.6 Å². The quantitative estimate of drug-likeness (QED) is 0.849. The molecule has 3 rings (SSSR count). The van der Waals surface area contributed by atoms with Gasteiger partial charge < -0.3 is 15.4 Å². The molecule has 0 radical (unpaired) electrons. The second-order valence-electron chi connectivity index (χ2n) is 6.36. The molecule has 5 heteroatoms. The monoisotopic (exact) mass is 338 g/mol. The Morgan fingerprint density at radius 2 is 1.88 bits per heavy atom. The van der Waals surface area contributed by atoms with Crippen molar-refractivity contribution >= 4 is 17.5 Å². The van der Waals surface area contributed by atoms with Crippen molar-refractivity contribution in [3.8, 4) is 5.75 Å². The van der Waals surface area contributed by atoms with E-state index in [1.807, 2.05) is 31.2 Å². The van der Waals surface area contributed by atoms with Crippen molar-refractivity contribution in [2.45, 2.75) is 38.8 Å². The van der Waals surface area contributed by atoms with Crippen molar-refractivity contribution in [1.29, 1.82) is 0 Å². The molecule has 0 aromatic heterocycles. The molecule has 1 saturated carbocycles. The van der Waals surface area contributed by atoms with Crippen molar-refractivity contribution < 1.29 is 14.3 Å². The van der Waals surface area contributed by atoms with E-state index in [4.69, 9.17) is 4.74 Å². The minimum atomic E-state index is -0.679. The Hall–Kier alpha value is -2.82. The Balaban J connectivity index is 1.66. The number of benzene rings is 2. The SMILES string of the molecule is Cc1cccc(O[C@@H](C)C(=O)Nc2ccccc2C(=O)NC2CC2)c1. The largest absolute Gasteiger partial charge is 0.481 e. The van der Waals surface area contributed by atoms with Gasteiger partial charge >= 0.3 is 0 Å². The van der Waals surface area contributed by atoms with Crippen LogP contribution < -0.4 is 15.4 Å². The second kappa shape index (κ2) is 7.38. The summed E-state index contributed by atoms with van der Waals surface area (Å²) in [4.78, 5) is 24.7. The summed E-state index contributed by atoms with van der Waals surface area (Å²) < 4.78 is 5.69. The number of carbonyl (C=O) groups is 2. The van der Waals surface area contributed by atoms with Gasteiger partial charge in [-0.25, -0.2) is 0 Å². The van der Waals surface area contributed by atoms with Crippen molar-refractivity contribution in [3.05, 3.63) is 59.7 Å². The zero-order valence-corrected chi connectivity index (χ0v) is 14.4. The normalized spacial score (nSPS) is 14.5. The van der Waals surface area contributed by atoms with Crippen LogP contribution in [0, 0.1) is 6.92 Å². The molecular weight excluding hydrogens is 316 g/mol.